The number of alkyl halides is 3. The van der Waals surface area contributed by atoms with Crippen molar-refractivity contribution in [3.63, 3.8) is 0 Å². The Labute approximate surface area is 220 Å². The number of aromatic nitrogens is 4. The number of benzene rings is 1. The number of halogens is 3. The Morgan fingerprint density at radius 1 is 1.13 bits per heavy atom. The Bertz CT molecular complexity index is 1500. The molecule has 1 atom stereocenters. The molecule has 1 unspecified atom stereocenters. The van der Waals surface area contributed by atoms with E-state index in [9.17, 15) is 22.8 Å². The Morgan fingerprint density at radius 2 is 1.90 bits per heavy atom. The summed E-state index contributed by atoms with van der Waals surface area (Å²) >= 11 is 0. The maximum Gasteiger partial charge on any atom is 0.416 e. The number of carbonyl (C=O) groups is 2. The molecule has 5 rings (SSSR count). The minimum absolute atomic E-state index is 0.0316. The molecule has 0 aliphatic carbocycles. The summed E-state index contributed by atoms with van der Waals surface area (Å²) in [5, 5.41) is 13.6. The number of nitrogens with one attached hydrogen (secondary N) is 3. The van der Waals surface area contributed by atoms with Gasteiger partial charge in [0.1, 0.15) is 22.7 Å². The number of likely N-dealkylation sites (tertiary alicyclic amines) is 1. The van der Waals surface area contributed by atoms with Crippen molar-refractivity contribution in [2.45, 2.75) is 32.0 Å². The molecule has 10 nitrogen and oxygen atoms in total. The Kier molecular flexibility index (Phi) is 7.05. The van der Waals surface area contributed by atoms with Crippen molar-refractivity contribution in [1.82, 2.24) is 25.1 Å². The highest BCUT2D eigenvalue weighted by atomic mass is 19.4. The van der Waals surface area contributed by atoms with Crippen LogP contribution in [0.1, 0.15) is 35.7 Å². The maximum atomic E-state index is 12.9. The first-order valence-electron chi connectivity index (χ1n) is 12.2. The monoisotopic (exact) mass is 539 g/mol. The van der Waals surface area contributed by atoms with E-state index in [1.165, 1.54) is 12.1 Å². The molecule has 13 heteroatoms. The summed E-state index contributed by atoms with van der Waals surface area (Å²) in [5.74, 6) is 0.727. The average molecular weight is 540 g/mol. The first-order valence-corrected chi connectivity index (χ1v) is 12.2. The molecule has 4 aromatic rings. The number of rotatable bonds is 7. The lowest BCUT2D eigenvalue weighted by molar-refractivity contribution is -0.137. The lowest BCUT2D eigenvalue weighted by Gasteiger charge is -2.16. The van der Waals surface area contributed by atoms with Gasteiger partial charge in [-0.15, -0.1) is 0 Å². The molecule has 1 aromatic carbocycles. The molecule has 3 N–H and O–H groups in total. The first kappa shape index (κ1) is 25.9. The standard InChI is InChI=1S/C26H24F3N7O3/c1-2-21(37)36-12-9-17(14-36)32-24-22-19(8-11-31-23(22)34-35-24)39-18-5-3-15(4-6-18)25(38)33-20-13-16(7-10-30-20)26(27,28)29/h3-8,10-11,13,17H,2,9,12,14H2,1H3,(H,30,33,38)(H2,31,32,34,35). The van der Waals surface area contributed by atoms with E-state index in [0.29, 0.717) is 47.9 Å². The molecule has 4 heterocycles. The van der Waals surface area contributed by atoms with E-state index in [4.69, 9.17) is 4.74 Å². The van der Waals surface area contributed by atoms with Gasteiger partial charge in [0.15, 0.2) is 11.5 Å². The second-order valence-corrected chi connectivity index (χ2v) is 8.94. The van der Waals surface area contributed by atoms with Crippen molar-refractivity contribution >= 4 is 34.5 Å². The predicted molar refractivity (Wildman–Crippen MR) is 136 cm³/mol. The number of pyridine rings is 2. The van der Waals surface area contributed by atoms with E-state index in [-0.39, 0.29) is 23.3 Å². The molecule has 202 valence electrons. The molecular formula is C26H24F3N7O3. The highest BCUT2D eigenvalue weighted by Gasteiger charge is 2.31. The number of hydrogen-bond donors (Lipinski definition) is 3. The summed E-state index contributed by atoms with van der Waals surface area (Å²) in [5.41, 5.74) is -0.188. The van der Waals surface area contributed by atoms with Gasteiger partial charge in [0.25, 0.3) is 5.91 Å². The first-order chi connectivity index (χ1) is 18.7. The molecule has 3 aromatic heterocycles. The van der Waals surface area contributed by atoms with Crippen LogP contribution in [0.25, 0.3) is 11.0 Å². The third-order valence-electron chi connectivity index (χ3n) is 6.28. The summed E-state index contributed by atoms with van der Waals surface area (Å²) in [6.07, 6.45) is -0.744. The van der Waals surface area contributed by atoms with Crippen LogP contribution in [0.5, 0.6) is 11.5 Å². The lowest BCUT2D eigenvalue weighted by Crippen LogP contribution is -2.31. The molecule has 0 bridgehead atoms. The van der Waals surface area contributed by atoms with E-state index in [0.717, 1.165) is 24.8 Å². The van der Waals surface area contributed by atoms with Crippen LogP contribution >= 0.6 is 0 Å². The molecule has 2 amide bonds. The Hall–Kier alpha value is -4.68. The van der Waals surface area contributed by atoms with Gasteiger partial charge in [-0.2, -0.15) is 18.3 Å². The van der Waals surface area contributed by atoms with Crippen molar-refractivity contribution in [1.29, 1.82) is 0 Å². The fraction of sp³-hybridized carbons (Fsp3) is 0.269. The number of hydrogen-bond acceptors (Lipinski definition) is 7. The summed E-state index contributed by atoms with van der Waals surface area (Å²) in [7, 11) is 0. The molecular weight excluding hydrogens is 515 g/mol. The number of carbonyl (C=O) groups excluding carboxylic acids is 2. The van der Waals surface area contributed by atoms with E-state index in [1.807, 2.05) is 11.8 Å². The van der Waals surface area contributed by atoms with Gasteiger partial charge in [-0.25, -0.2) is 9.97 Å². The minimum Gasteiger partial charge on any atom is -0.456 e. The Balaban J connectivity index is 1.28. The van der Waals surface area contributed by atoms with Crippen LogP contribution in [0, 0.1) is 0 Å². The molecule has 0 radical (unpaired) electrons. The van der Waals surface area contributed by atoms with E-state index < -0.39 is 17.6 Å². The van der Waals surface area contributed by atoms with Crippen molar-refractivity contribution in [2.75, 3.05) is 23.7 Å². The SMILES string of the molecule is CCC(=O)N1CCC(Nc2n[nH]c3nccc(Oc4ccc(C(=O)Nc5cc(C(F)(F)F)ccn5)cc4)c23)C1. The molecule has 39 heavy (non-hydrogen) atoms. The van der Waals surface area contributed by atoms with Gasteiger partial charge in [-0.05, 0) is 42.8 Å². The van der Waals surface area contributed by atoms with E-state index >= 15 is 0 Å². The normalized spacial score (nSPS) is 15.4. The number of ether oxygens (including phenoxy) is 1. The quantitative estimate of drug-likeness (QED) is 0.307. The van der Waals surface area contributed by atoms with Crippen LogP contribution in [-0.4, -0.2) is 56.0 Å². The predicted octanol–water partition coefficient (Wildman–Crippen LogP) is 4.84. The Morgan fingerprint density at radius 3 is 2.64 bits per heavy atom. The smallest absolute Gasteiger partial charge is 0.416 e. The van der Waals surface area contributed by atoms with Gasteiger partial charge in [-0.1, -0.05) is 6.92 Å². The fourth-order valence-corrected chi connectivity index (χ4v) is 4.30. The molecule has 0 spiro atoms. The third-order valence-corrected chi connectivity index (χ3v) is 6.28. The zero-order chi connectivity index (χ0) is 27.6. The van der Waals surface area contributed by atoms with E-state index in [2.05, 4.69) is 30.8 Å². The lowest BCUT2D eigenvalue weighted by atomic mass is 10.2. The summed E-state index contributed by atoms with van der Waals surface area (Å²) < 4.78 is 44.9. The van der Waals surface area contributed by atoms with Crippen LogP contribution in [-0.2, 0) is 11.0 Å². The molecule has 0 saturated carbocycles. The van der Waals surface area contributed by atoms with Crippen LogP contribution in [0.2, 0.25) is 0 Å². The number of anilines is 2. The summed E-state index contributed by atoms with van der Waals surface area (Å²) in [4.78, 5) is 34.5. The van der Waals surface area contributed by atoms with Crippen LogP contribution in [0.3, 0.4) is 0 Å². The zero-order valence-electron chi connectivity index (χ0n) is 20.7. The minimum atomic E-state index is -4.55. The zero-order valence-corrected chi connectivity index (χ0v) is 20.7. The largest absolute Gasteiger partial charge is 0.456 e. The van der Waals surface area contributed by atoms with Crippen LogP contribution < -0.4 is 15.4 Å². The highest BCUT2D eigenvalue weighted by Crippen LogP contribution is 2.34. The molecule has 1 aliphatic rings. The second-order valence-electron chi connectivity index (χ2n) is 8.94. The fourth-order valence-electron chi connectivity index (χ4n) is 4.30. The maximum absolute atomic E-state index is 12.9. The van der Waals surface area contributed by atoms with Gasteiger partial charge in [0.2, 0.25) is 5.91 Å². The molecule has 1 fully saturated rings. The number of aromatic amines is 1. The van der Waals surface area contributed by atoms with Crippen LogP contribution in [0.15, 0.2) is 54.9 Å². The molecule has 1 saturated heterocycles. The van der Waals surface area contributed by atoms with Crippen molar-refractivity contribution < 1.29 is 27.5 Å². The van der Waals surface area contributed by atoms with Gasteiger partial charge in [-0.3, -0.25) is 14.7 Å². The molecule has 1 aliphatic heterocycles. The third kappa shape index (κ3) is 5.76. The number of H-pyrrole nitrogens is 1. The average Bonchev–Trinajstić information content (AvgIpc) is 3.56. The van der Waals surface area contributed by atoms with Gasteiger partial charge < -0.3 is 20.3 Å². The highest BCUT2D eigenvalue weighted by molar-refractivity contribution is 6.03. The number of amides is 2. The van der Waals surface area contributed by atoms with E-state index in [1.54, 1.807) is 24.4 Å². The van der Waals surface area contributed by atoms with Crippen LogP contribution in [0.4, 0.5) is 24.8 Å². The number of nitrogens with zero attached hydrogens (tertiary/aromatic N) is 4. The summed E-state index contributed by atoms with van der Waals surface area (Å²) in [6.45, 7) is 3.10. The van der Waals surface area contributed by atoms with Gasteiger partial charge in [0.05, 0.1) is 5.56 Å². The number of fused-ring (bicyclic) bond motifs is 1. The van der Waals surface area contributed by atoms with Crippen molar-refractivity contribution in [3.05, 3.63) is 66.0 Å². The van der Waals surface area contributed by atoms with Crippen molar-refractivity contribution in [3.8, 4) is 11.5 Å². The van der Waals surface area contributed by atoms with Gasteiger partial charge >= 0.3 is 6.18 Å². The van der Waals surface area contributed by atoms with Gasteiger partial charge in [0, 0.05) is 49.6 Å². The second kappa shape index (κ2) is 10.6. The summed E-state index contributed by atoms with van der Waals surface area (Å²) in [6, 6.07) is 9.43. The van der Waals surface area contributed by atoms with Crippen molar-refractivity contribution in [2.24, 2.45) is 0 Å². The topological polar surface area (TPSA) is 125 Å².